The maximum Gasteiger partial charge on any atom is 0.239 e. The highest BCUT2D eigenvalue weighted by atomic mass is 16.2. The first-order valence-electron chi connectivity index (χ1n) is 9.34. The summed E-state index contributed by atoms with van der Waals surface area (Å²) >= 11 is 0. The van der Waals surface area contributed by atoms with E-state index in [2.05, 4.69) is 37.2 Å². The molecule has 1 aromatic carbocycles. The molecule has 0 radical (unpaired) electrons. The molecular weight excluding hydrogens is 326 g/mol. The van der Waals surface area contributed by atoms with E-state index in [9.17, 15) is 4.79 Å². The predicted molar refractivity (Wildman–Crippen MR) is 100 cm³/mol. The molecule has 26 heavy (non-hydrogen) atoms. The molecule has 1 N–H and O–H groups in total. The summed E-state index contributed by atoms with van der Waals surface area (Å²) in [4.78, 5) is 25.7. The fourth-order valence-corrected chi connectivity index (χ4v) is 3.88. The van der Waals surface area contributed by atoms with Crippen molar-refractivity contribution >= 4 is 11.9 Å². The van der Waals surface area contributed by atoms with Crippen molar-refractivity contribution in [1.82, 2.24) is 19.8 Å². The quantitative estimate of drug-likeness (QED) is 0.895. The number of fused-ring (bicyclic) bond motifs is 1. The van der Waals surface area contributed by atoms with Crippen LogP contribution in [0.2, 0.25) is 0 Å². The maximum absolute atomic E-state index is 12.5. The van der Waals surface area contributed by atoms with Crippen LogP contribution in [-0.4, -0.2) is 50.8 Å². The Morgan fingerprint density at radius 2 is 1.92 bits per heavy atom. The summed E-state index contributed by atoms with van der Waals surface area (Å²) in [6.07, 6.45) is 5.97. The number of nitrogens with zero attached hydrogens (tertiary/aromatic N) is 4. The van der Waals surface area contributed by atoms with Gasteiger partial charge in [-0.15, -0.1) is 0 Å². The van der Waals surface area contributed by atoms with Gasteiger partial charge in [-0.2, -0.15) is 0 Å². The highest BCUT2D eigenvalue weighted by Crippen LogP contribution is 2.26. The number of hydrogen-bond donors (Lipinski definition) is 1. The average Bonchev–Trinajstić information content (AvgIpc) is 3.15. The van der Waals surface area contributed by atoms with Gasteiger partial charge in [0.2, 0.25) is 11.9 Å². The van der Waals surface area contributed by atoms with Crippen molar-refractivity contribution < 1.29 is 4.79 Å². The van der Waals surface area contributed by atoms with Gasteiger partial charge in [0.05, 0.1) is 6.04 Å². The Kier molecular flexibility index (Phi) is 4.84. The van der Waals surface area contributed by atoms with Gasteiger partial charge in [-0.1, -0.05) is 30.3 Å². The second kappa shape index (κ2) is 7.41. The zero-order valence-corrected chi connectivity index (χ0v) is 15.1. The van der Waals surface area contributed by atoms with Crippen LogP contribution in [0.15, 0.2) is 42.7 Å². The summed E-state index contributed by atoms with van der Waals surface area (Å²) in [5, 5.41) is 3.24. The predicted octanol–water partition coefficient (Wildman–Crippen LogP) is 2.28. The lowest BCUT2D eigenvalue weighted by Gasteiger charge is -2.41. The molecule has 6 heteroatoms. The fraction of sp³-hybridized carbons (Fsp3) is 0.450. The molecule has 4 rings (SSSR count). The molecule has 6 nitrogen and oxygen atoms in total. The molecule has 2 saturated heterocycles. The first-order valence-corrected chi connectivity index (χ1v) is 9.34. The number of piperazine rings is 1. The molecule has 0 bridgehead atoms. The lowest BCUT2D eigenvalue weighted by atomic mass is 10.1. The monoisotopic (exact) mass is 351 g/mol. The molecule has 136 valence electrons. The summed E-state index contributed by atoms with van der Waals surface area (Å²) in [5.41, 5.74) is 2.24. The summed E-state index contributed by atoms with van der Waals surface area (Å²) in [6, 6.07) is 10.5. The molecule has 0 spiro atoms. The van der Waals surface area contributed by atoms with Gasteiger partial charge in [0.1, 0.15) is 0 Å². The van der Waals surface area contributed by atoms with E-state index in [1.807, 2.05) is 37.5 Å². The van der Waals surface area contributed by atoms with Gasteiger partial charge in [-0.25, -0.2) is 9.97 Å². The Morgan fingerprint density at radius 3 is 2.69 bits per heavy atom. The molecule has 2 atom stereocenters. The number of benzene rings is 1. The number of hydrogen-bond acceptors (Lipinski definition) is 5. The third-order valence-corrected chi connectivity index (χ3v) is 5.40. The highest BCUT2D eigenvalue weighted by Gasteiger charge is 2.39. The van der Waals surface area contributed by atoms with Crippen molar-refractivity contribution in [3.63, 3.8) is 0 Å². The standard InChI is InChI=1S/C20H25N5O/c1-15-19(26)25-9-5-8-18(25)14-24(15)13-17-11-22-20(23-12-17)21-10-16-6-3-2-4-7-16/h2-4,6-7,11-12,15,18H,5,8-10,13-14H2,1H3,(H,21,22,23)/t15-,18+/m0/s1. The number of carbonyl (C=O) groups is 1. The largest absolute Gasteiger partial charge is 0.350 e. The fourth-order valence-electron chi connectivity index (χ4n) is 3.88. The van der Waals surface area contributed by atoms with Crippen LogP contribution >= 0.6 is 0 Å². The summed E-state index contributed by atoms with van der Waals surface area (Å²) in [5.74, 6) is 0.892. The number of rotatable bonds is 5. The van der Waals surface area contributed by atoms with Crippen LogP contribution in [0, 0.1) is 0 Å². The zero-order chi connectivity index (χ0) is 17.9. The van der Waals surface area contributed by atoms with Crippen molar-refractivity contribution in [1.29, 1.82) is 0 Å². The van der Waals surface area contributed by atoms with Crippen LogP contribution in [0.1, 0.15) is 30.9 Å². The molecule has 0 saturated carbocycles. The van der Waals surface area contributed by atoms with Crippen molar-refractivity contribution in [2.45, 2.75) is 44.9 Å². The van der Waals surface area contributed by atoms with E-state index in [0.29, 0.717) is 18.5 Å². The minimum absolute atomic E-state index is 0.0692. The summed E-state index contributed by atoms with van der Waals surface area (Å²) < 4.78 is 0. The molecule has 1 amide bonds. The van der Waals surface area contributed by atoms with Crippen molar-refractivity contribution in [3.05, 3.63) is 53.9 Å². The third kappa shape index (κ3) is 3.55. The van der Waals surface area contributed by atoms with E-state index in [-0.39, 0.29) is 11.9 Å². The number of amides is 1. The van der Waals surface area contributed by atoms with Gasteiger partial charge in [0.25, 0.3) is 0 Å². The first-order chi connectivity index (χ1) is 12.7. The van der Waals surface area contributed by atoms with Gasteiger partial charge >= 0.3 is 0 Å². The smallest absolute Gasteiger partial charge is 0.239 e. The topological polar surface area (TPSA) is 61.4 Å². The van der Waals surface area contributed by atoms with E-state index in [0.717, 1.165) is 38.0 Å². The molecular formula is C20H25N5O. The maximum atomic E-state index is 12.5. The van der Waals surface area contributed by atoms with Crippen LogP contribution in [0.5, 0.6) is 0 Å². The number of carbonyl (C=O) groups excluding carboxylic acids is 1. The second-order valence-electron chi connectivity index (χ2n) is 7.19. The van der Waals surface area contributed by atoms with E-state index < -0.39 is 0 Å². The van der Waals surface area contributed by atoms with E-state index in [1.54, 1.807) is 0 Å². The third-order valence-electron chi connectivity index (χ3n) is 5.40. The van der Waals surface area contributed by atoms with Gasteiger partial charge < -0.3 is 10.2 Å². The van der Waals surface area contributed by atoms with Gasteiger partial charge in [0.15, 0.2) is 0 Å². The average molecular weight is 351 g/mol. The molecule has 0 aliphatic carbocycles. The van der Waals surface area contributed by atoms with E-state index in [1.165, 1.54) is 5.56 Å². The minimum atomic E-state index is -0.0692. The molecule has 1 aromatic heterocycles. The minimum Gasteiger partial charge on any atom is -0.350 e. The molecule has 0 unspecified atom stereocenters. The molecule has 2 aliphatic heterocycles. The SMILES string of the molecule is C[C@H]1C(=O)N2CCC[C@@H]2CN1Cc1cnc(NCc2ccccc2)nc1. The van der Waals surface area contributed by atoms with E-state index >= 15 is 0 Å². The van der Waals surface area contributed by atoms with Crippen LogP contribution < -0.4 is 5.32 Å². The molecule has 3 heterocycles. The highest BCUT2D eigenvalue weighted by molar-refractivity contribution is 5.83. The zero-order valence-electron chi connectivity index (χ0n) is 15.1. The van der Waals surface area contributed by atoms with Crippen LogP contribution in [-0.2, 0) is 17.9 Å². The first kappa shape index (κ1) is 17.0. The van der Waals surface area contributed by atoms with E-state index in [4.69, 9.17) is 0 Å². The van der Waals surface area contributed by atoms with Gasteiger partial charge in [-0.05, 0) is 25.3 Å². The van der Waals surface area contributed by atoms with Crippen LogP contribution in [0.3, 0.4) is 0 Å². The number of anilines is 1. The van der Waals surface area contributed by atoms with Crippen LogP contribution in [0.25, 0.3) is 0 Å². The Morgan fingerprint density at radius 1 is 1.15 bits per heavy atom. The normalized spacial score (nSPS) is 23.1. The number of aromatic nitrogens is 2. The van der Waals surface area contributed by atoms with Gasteiger partial charge in [0, 0.05) is 50.2 Å². The Hall–Kier alpha value is -2.47. The lowest BCUT2D eigenvalue weighted by Crippen LogP contribution is -2.58. The van der Waals surface area contributed by atoms with Crippen molar-refractivity contribution in [3.8, 4) is 0 Å². The Bertz CT molecular complexity index is 749. The number of nitrogens with one attached hydrogen (secondary N) is 1. The Labute approximate surface area is 154 Å². The van der Waals surface area contributed by atoms with Crippen molar-refractivity contribution in [2.75, 3.05) is 18.4 Å². The Balaban J connectivity index is 1.36. The van der Waals surface area contributed by atoms with Crippen molar-refractivity contribution in [2.24, 2.45) is 0 Å². The molecule has 2 aromatic rings. The summed E-state index contributed by atoms with van der Waals surface area (Å²) in [6.45, 7) is 5.30. The summed E-state index contributed by atoms with van der Waals surface area (Å²) in [7, 11) is 0. The van der Waals surface area contributed by atoms with Crippen LogP contribution in [0.4, 0.5) is 5.95 Å². The van der Waals surface area contributed by atoms with Gasteiger partial charge in [-0.3, -0.25) is 9.69 Å². The molecule has 2 fully saturated rings. The lowest BCUT2D eigenvalue weighted by molar-refractivity contribution is -0.143. The second-order valence-corrected chi connectivity index (χ2v) is 7.19. The molecule has 2 aliphatic rings.